The molecule has 1 heterocycles. The van der Waals surface area contributed by atoms with Gasteiger partial charge in [-0.25, -0.2) is 0 Å². The second kappa shape index (κ2) is 4.10. The summed E-state index contributed by atoms with van der Waals surface area (Å²) in [4.78, 5) is 35.9. The first-order chi connectivity index (χ1) is 9.41. The molecule has 0 saturated carbocycles. The van der Waals surface area contributed by atoms with Gasteiger partial charge in [-0.05, 0) is 26.7 Å². The van der Waals surface area contributed by atoms with E-state index >= 15 is 0 Å². The number of Topliss-reactive ketones (excluding diaryl/α,β-unsaturated/α-hetero) is 1. The third kappa shape index (κ3) is 2.07. The Hall–Kier alpha value is -1.23. The highest BCUT2D eigenvalue weighted by atomic mass is 16.2. The van der Waals surface area contributed by atoms with Gasteiger partial charge in [-0.2, -0.15) is 0 Å². The van der Waals surface area contributed by atoms with Gasteiger partial charge >= 0.3 is 0 Å². The fourth-order valence-electron chi connectivity index (χ4n) is 1.42. The SMILES string of the molecule is [2H]C([2H])([2H])C1(C([2H])([2H])[2H])C(=O)NC(=O)C1C(=O)CCCN. The van der Waals surface area contributed by atoms with E-state index in [0.29, 0.717) is 0 Å². The minimum Gasteiger partial charge on any atom is -0.330 e. The number of hydrogen-bond donors (Lipinski definition) is 2. The van der Waals surface area contributed by atoms with E-state index in [-0.39, 0.29) is 19.4 Å². The van der Waals surface area contributed by atoms with Gasteiger partial charge in [0.25, 0.3) is 0 Å². The maximum Gasteiger partial charge on any atom is 0.238 e. The van der Waals surface area contributed by atoms with Gasteiger partial charge in [0.2, 0.25) is 11.8 Å². The van der Waals surface area contributed by atoms with Crippen molar-refractivity contribution in [3.05, 3.63) is 0 Å². The zero-order valence-electron chi connectivity index (χ0n) is 14.0. The predicted octanol–water partition coefficient (Wildman–Crippen LogP) is -0.407. The number of nitrogens with one attached hydrogen (secondary N) is 1. The first-order valence-electron chi connectivity index (χ1n) is 7.49. The van der Waals surface area contributed by atoms with E-state index in [9.17, 15) is 14.4 Å². The standard InChI is InChI=1S/C10H16N2O3/c1-10(2)7(6(13)4-3-5-11)8(14)12-9(10)15/h7H,3-5,11H2,1-2H3,(H,12,14,15)/i1D3,2D3. The molecule has 0 aromatic heterocycles. The number of ketones is 1. The van der Waals surface area contributed by atoms with Crippen molar-refractivity contribution in [1.29, 1.82) is 0 Å². The maximum atomic E-state index is 12.1. The van der Waals surface area contributed by atoms with Gasteiger partial charge in [-0.1, -0.05) is 0 Å². The molecule has 0 bridgehead atoms. The lowest BCUT2D eigenvalue weighted by molar-refractivity contribution is -0.136. The van der Waals surface area contributed by atoms with Crippen LogP contribution in [0.1, 0.15) is 34.8 Å². The predicted molar refractivity (Wildman–Crippen MR) is 53.7 cm³/mol. The summed E-state index contributed by atoms with van der Waals surface area (Å²) in [5.74, 6) is -5.61. The third-order valence-corrected chi connectivity index (χ3v) is 2.24. The highest BCUT2D eigenvalue weighted by molar-refractivity contribution is 6.16. The van der Waals surface area contributed by atoms with Crippen LogP contribution in [0.15, 0.2) is 0 Å². The minimum absolute atomic E-state index is 0.114. The topological polar surface area (TPSA) is 89.3 Å². The number of imide groups is 1. The maximum absolute atomic E-state index is 12.1. The average Bonchev–Trinajstić information content (AvgIpc) is 2.56. The van der Waals surface area contributed by atoms with Crippen LogP contribution in [0.3, 0.4) is 0 Å². The zero-order chi connectivity index (χ0) is 16.6. The number of carbonyl (C=O) groups excluding carboxylic acids is 3. The van der Waals surface area contributed by atoms with Crippen molar-refractivity contribution in [2.45, 2.75) is 26.5 Å². The third-order valence-electron chi connectivity index (χ3n) is 2.24. The molecule has 0 aliphatic carbocycles. The first-order valence-corrected chi connectivity index (χ1v) is 4.49. The quantitative estimate of drug-likeness (QED) is 0.496. The molecule has 1 saturated heterocycles. The molecule has 15 heavy (non-hydrogen) atoms. The summed E-state index contributed by atoms with van der Waals surface area (Å²) in [6, 6.07) is 0. The van der Waals surface area contributed by atoms with E-state index in [1.54, 1.807) is 5.32 Å². The molecule has 1 aliphatic heterocycles. The molecule has 0 aromatic carbocycles. The summed E-state index contributed by atoms with van der Waals surface area (Å²) in [5, 5.41) is 1.68. The lowest BCUT2D eigenvalue weighted by Crippen LogP contribution is -2.33. The minimum atomic E-state index is -3.34. The van der Waals surface area contributed by atoms with E-state index in [2.05, 4.69) is 0 Å². The monoisotopic (exact) mass is 218 g/mol. The molecule has 84 valence electrons. The van der Waals surface area contributed by atoms with E-state index in [1.807, 2.05) is 0 Å². The van der Waals surface area contributed by atoms with Gasteiger partial charge in [-0.3, -0.25) is 19.7 Å². The van der Waals surface area contributed by atoms with Crippen LogP contribution in [0, 0.1) is 11.3 Å². The average molecular weight is 218 g/mol. The normalized spacial score (nSPS) is 31.7. The van der Waals surface area contributed by atoms with Crippen molar-refractivity contribution >= 4 is 17.6 Å². The lowest BCUT2D eigenvalue weighted by Gasteiger charge is -2.20. The summed E-state index contributed by atoms with van der Waals surface area (Å²) in [6.07, 6.45) is -0.106. The van der Waals surface area contributed by atoms with E-state index in [0.717, 1.165) is 0 Å². The van der Waals surface area contributed by atoms with Crippen LogP contribution in [0.4, 0.5) is 0 Å². The molecule has 1 atom stereocenters. The summed E-state index contributed by atoms with van der Waals surface area (Å²) in [6.45, 7) is -6.56. The van der Waals surface area contributed by atoms with Crippen LogP contribution >= 0.6 is 0 Å². The smallest absolute Gasteiger partial charge is 0.238 e. The molecule has 0 spiro atoms. The van der Waals surface area contributed by atoms with E-state index in [4.69, 9.17) is 14.0 Å². The fraction of sp³-hybridized carbons (Fsp3) is 0.700. The zero-order valence-corrected chi connectivity index (χ0v) is 8.00. The van der Waals surface area contributed by atoms with Gasteiger partial charge in [0.1, 0.15) is 11.7 Å². The molecule has 2 amide bonds. The van der Waals surface area contributed by atoms with Crippen LogP contribution < -0.4 is 11.1 Å². The van der Waals surface area contributed by atoms with Crippen LogP contribution in [-0.2, 0) is 14.4 Å². The number of amides is 2. The van der Waals surface area contributed by atoms with Crippen LogP contribution in [-0.4, -0.2) is 24.1 Å². The second-order valence-corrected chi connectivity index (χ2v) is 3.42. The van der Waals surface area contributed by atoms with Crippen LogP contribution in [0.2, 0.25) is 0 Å². The first kappa shape index (κ1) is 5.75. The molecular weight excluding hydrogens is 196 g/mol. The highest BCUT2D eigenvalue weighted by Gasteiger charge is 2.51. The van der Waals surface area contributed by atoms with Gasteiger partial charge in [0, 0.05) is 14.6 Å². The molecule has 5 heteroatoms. The number of hydrogen-bond acceptors (Lipinski definition) is 4. The van der Waals surface area contributed by atoms with E-state index in [1.165, 1.54) is 0 Å². The van der Waals surface area contributed by atoms with Gasteiger partial charge in [0.05, 0.1) is 5.41 Å². The summed E-state index contributed by atoms with van der Waals surface area (Å²) >= 11 is 0. The van der Waals surface area contributed by atoms with Crippen LogP contribution in [0.5, 0.6) is 0 Å². The Balaban J connectivity index is 3.46. The van der Waals surface area contributed by atoms with Crippen molar-refractivity contribution < 1.29 is 22.6 Å². The number of nitrogens with two attached hydrogens (primary N) is 1. The van der Waals surface area contributed by atoms with E-state index < -0.39 is 42.6 Å². The Kier molecular flexibility index (Phi) is 1.57. The van der Waals surface area contributed by atoms with Crippen LogP contribution in [0.25, 0.3) is 0 Å². The number of rotatable bonds is 4. The summed E-state index contributed by atoms with van der Waals surface area (Å²) < 4.78 is 44.6. The Morgan fingerprint density at radius 2 is 2.27 bits per heavy atom. The molecule has 0 aromatic rings. The van der Waals surface area contributed by atoms with Gasteiger partial charge < -0.3 is 5.73 Å². The number of carbonyl (C=O) groups is 3. The summed E-state index contributed by atoms with van der Waals surface area (Å²) in [5.41, 5.74) is 2.18. The van der Waals surface area contributed by atoms with Crippen molar-refractivity contribution in [3.63, 3.8) is 0 Å². The Labute approximate surface area is 96.8 Å². The van der Waals surface area contributed by atoms with Gasteiger partial charge in [0.15, 0.2) is 0 Å². The Morgan fingerprint density at radius 3 is 2.80 bits per heavy atom. The fourth-order valence-corrected chi connectivity index (χ4v) is 1.42. The molecule has 0 radical (unpaired) electrons. The summed E-state index contributed by atoms with van der Waals surface area (Å²) in [7, 11) is 0. The van der Waals surface area contributed by atoms with Crippen molar-refractivity contribution in [3.8, 4) is 0 Å². The molecule has 1 rings (SSSR count). The molecule has 1 fully saturated rings. The molecular formula is C10H16N2O3. The van der Waals surface area contributed by atoms with Crippen molar-refractivity contribution in [2.75, 3.05) is 6.54 Å². The van der Waals surface area contributed by atoms with Crippen molar-refractivity contribution in [1.82, 2.24) is 5.32 Å². The van der Waals surface area contributed by atoms with Gasteiger partial charge in [-0.15, -0.1) is 0 Å². The second-order valence-electron chi connectivity index (χ2n) is 3.42. The van der Waals surface area contributed by atoms with Crippen molar-refractivity contribution in [2.24, 2.45) is 17.1 Å². The molecule has 5 nitrogen and oxygen atoms in total. The Bertz CT molecular complexity index is 456. The highest BCUT2D eigenvalue weighted by Crippen LogP contribution is 2.33. The molecule has 1 unspecified atom stereocenters. The lowest BCUT2D eigenvalue weighted by atomic mass is 9.77. The Morgan fingerprint density at radius 1 is 1.60 bits per heavy atom. The molecule has 3 N–H and O–H groups in total. The largest absolute Gasteiger partial charge is 0.330 e. The molecule has 1 aliphatic rings.